The van der Waals surface area contributed by atoms with Crippen LogP contribution in [-0.4, -0.2) is 29.5 Å². The Bertz CT molecular complexity index is 619. The molecule has 0 aliphatic rings. The van der Waals surface area contributed by atoms with Crippen molar-refractivity contribution in [1.82, 2.24) is 0 Å². The van der Waals surface area contributed by atoms with E-state index in [2.05, 4.69) is 0 Å². The molecule has 122 valence electrons. The zero-order valence-electron chi connectivity index (χ0n) is 12.7. The number of para-hydroxylation sites is 1. The number of hydrogen-bond donors (Lipinski definition) is 1. The van der Waals surface area contributed by atoms with Gasteiger partial charge in [0, 0.05) is 12.2 Å². The summed E-state index contributed by atoms with van der Waals surface area (Å²) in [6.07, 6.45) is 0.210. The number of benzene rings is 2. The standard InChI is InChI=1S/C18H19ClFNO2/c19-13-18(23)21(16-4-2-1-3-5-16)11-10-17(22)12-14-6-8-15(20)9-7-14/h1-9,17,22H,10-13H2. The SMILES string of the molecule is O=C(CCl)N(CCC(O)Cc1ccc(F)cc1)c1ccccc1. The highest BCUT2D eigenvalue weighted by Gasteiger charge is 2.16. The number of alkyl halides is 1. The summed E-state index contributed by atoms with van der Waals surface area (Å²) in [7, 11) is 0. The van der Waals surface area contributed by atoms with Gasteiger partial charge in [0.15, 0.2) is 0 Å². The van der Waals surface area contributed by atoms with Gasteiger partial charge < -0.3 is 10.0 Å². The van der Waals surface area contributed by atoms with Crippen molar-refractivity contribution in [3.63, 3.8) is 0 Å². The summed E-state index contributed by atoms with van der Waals surface area (Å²) in [5.74, 6) is -0.610. The Labute approximate surface area is 140 Å². The number of halogens is 2. The van der Waals surface area contributed by atoms with Crippen LogP contribution < -0.4 is 4.90 Å². The fourth-order valence-corrected chi connectivity index (χ4v) is 2.49. The van der Waals surface area contributed by atoms with Crippen LogP contribution in [0.4, 0.5) is 10.1 Å². The number of nitrogens with zero attached hydrogens (tertiary/aromatic N) is 1. The van der Waals surface area contributed by atoms with Crippen LogP contribution in [0.25, 0.3) is 0 Å². The fraction of sp³-hybridized carbons (Fsp3) is 0.278. The molecule has 2 aromatic carbocycles. The second-order valence-electron chi connectivity index (χ2n) is 5.29. The summed E-state index contributed by atoms with van der Waals surface area (Å²) < 4.78 is 12.9. The molecule has 1 amide bonds. The van der Waals surface area contributed by atoms with Crippen LogP contribution in [0.2, 0.25) is 0 Å². The normalized spacial score (nSPS) is 12.0. The lowest BCUT2D eigenvalue weighted by Gasteiger charge is -2.23. The molecule has 0 radical (unpaired) electrons. The van der Waals surface area contributed by atoms with Gasteiger partial charge >= 0.3 is 0 Å². The van der Waals surface area contributed by atoms with Gasteiger partial charge in [0.05, 0.1) is 6.10 Å². The van der Waals surface area contributed by atoms with Crippen LogP contribution >= 0.6 is 11.6 Å². The van der Waals surface area contributed by atoms with Gasteiger partial charge in [-0.3, -0.25) is 4.79 Å². The Hall–Kier alpha value is -1.91. The Kier molecular flexibility index (Phi) is 6.56. The third kappa shape index (κ3) is 5.34. The van der Waals surface area contributed by atoms with E-state index in [4.69, 9.17) is 11.6 Å². The van der Waals surface area contributed by atoms with E-state index in [0.717, 1.165) is 11.3 Å². The van der Waals surface area contributed by atoms with Gasteiger partial charge in [-0.05, 0) is 42.7 Å². The Morgan fingerprint density at radius 1 is 1.13 bits per heavy atom. The van der Waals surface area contributed by atoms with E-state index in [0.29, 0.717) is 19.4 Å². The predicted octanol–water partition coefficient (Wildman–Crippen LogP) is 3.39. The molecule has 1 N–H and O–H groups in total. The topological polar surface area (TPSA) is 40.5 Å². The largest absolute Gasteiger partial charge is 0.393 e. The maximum atomic E-state index is 12.9. The minimum absolute atomic E-state index is 0.108. The molecule has 1 unspecified atom stereocenters. The first-order valence-corrected chi connectivity index (χ1v) is 7.97. The molecule has 2 aromatic rings. The van der Waals surface area contributed by atoms with Crippen LogP contribution in [0.3, 0.4) is 0 Å². The van der Waals surface area contributed by atoms with Gasteiger partial charge in [-0.2, -0.15) is 0 Å². The summed E-state index contributed by atoms with van der Waals surface area (Å²) >= 11 is 5.67. The monoisotopic (exact) mass is 335 g/mol. The summed E-state index contributed by atoms with van der Waals surface area (Å²) in [4.78, 5) is 13.6. The first kappa shape index (κ1) is 17.4. The van der Waals surface area contributed by atoms with E-state index in [1.165, 1.54) is 12.1 Å². The van der Waals surface area contributed by atoms with E-state index in [-0.39, 0.29) is 17.6 Å². The third-order valence-corrected chi connectivity index (χ3v) is 3.78. The summed E-state index contributed by atoms with van der Waals surface area (Å²) in [6.45, 7) is 0.373. The van der Waals surface area contributed by atoms with E-state index in [1.54, 1.807) is 17.0 Å². The lowest BCUT2D eigenvalue weighted by Crippen LogP contribution is -2.34. The number of carbonyl (C=O) groups is 1. The molecule has 5 heteroatoms. The molecule has 2 rings (SSSR count). The van der Waals surface area contributed by atoms with Crippen molar-refractivity contribution in [2.75, 3.05) is 17.3 Å². The molecule has 0 heterocycles. The molecule has 1 atom stereocenters. The Morgan fingerprint density at radius 3 is 2.39 bits per heavy atom. The van der Waals surface area contributed by atoms with E-state index in [9.17, 15) is 14.3 Å². The van der Waals surface area contributed by atoms with Crippen molar-refractivity contribution in [2.45, 2.75) is 18.9 Å². The van der Waals surface area contributed by atoms with Gasteiger partial charge in [0.2, 0.25) is 5.91 Å². The van der Waals surface area contributed by atoms with Crippen molar-refractivity contribution in [3.8, 4) is 0 Å². The van der Waals surface area contributed by atoms with Crippen molar-refractivity contribution in [3.05, 3.63) is 66.0 Å². The quantitative estimate of drug-likeness (QED) is 0.788. The highest BCUT2D eigenvalue weighted by Crippen LogP contribution is 2.16. The lowest BCUT2D eigenvalue weighted by molar-refractivity contribution is -0.116. The van der Waals surface area contributed by atoms with Gasteiger partial charge in [0.25, 0.3) is 0 Å². The zero-order valence-corrected chi connectivity index (χ0v) is 13.4. The minimum atomic E-state index is -0.616. The molecule has 0 saturated carbocycles. The number of aliphatic hydroxyl groups is 1. The van der Waals surface area contributed by atoms with Crippen LogP contribution in [0.15, 0.2) is 54.6 Å². The first-order valence-electron chi connectivity index (χ1n) is 7.44. The van der Waals surface area contributed by atoms with Gasteiger partial charge in [0.1, 0.15) is 11.7 Å². The van der Waals surface area contributed by atoms with Crippen LogP contribution in [0, 0.1) is 5.82 Å². The van der Waals surface area contributed by atoms with Gasteiger partial charge in [-0.25, -0.2) is 4.39 Å². The van der Waals surface area contributed by atoms with Gasteiger partial charge in [-0.15, -0.1) is 11.6 Å². The van der Waals surface area contributed by atoms with E-state index < -0.39 is 6.10 Å². The van der Waals surface area contributed by atoms with Crippen molar-refractivity contribution >= 4 is 23.2 Å². The second-order valence-corrected chi connectivity index (χ2v) is 5.55. The number of amides is 1. The summed E-state index contributed by atoms with van der Waals surface area (Å²) in [5.41, 5.74) is 1.61. The summed E-state index contributed by atoms with van der Waals surface area (Å²) in [5, 5.41) is 10.2. The van der Waals surface area contributed by atoms with Crippen molar-refractivity contribution in [2.24, 2.45) is 0 Å². The predicted molar refractivity (Wildman–Crippen MR) is 90.2 cm³/mol. The Morgan fingerprint density at radius 2 is 1.78 bits per heavy atom. The van der Waals surface area contributed by atoms with Crippen LogP contribution in [-0.2, 0) is 11.2 Å². The molecule has 0 bridgehead atoms. The maximum absolute atomic E-state index is 12.9. The molecular formula is C18H19ClFNO2. The molecule has 23 heavy (non-hydrogen) atoms. The highest BCUT2D eigenvalue weighted by molar-refractivity contribution is 6.29. The summed E-state index contributed by atoms with van der Waals surface area (Å²) in [6, 6.07) is 15.3. The van der Waals surface area contributed by atoms with Gasteiger partial charge in [-0.1, -0.05) is 30.3 Å². The molecule has 0 aromatic heterocycles. The van der Waals surface area contributed by atoms with Crippen LogP contribution in [0.1, 0.15) is 12.0 Å². The maximum Gasteiger partial charge on any atom is 0.241 e. The fourth-order valence-electron chi connectivity index (χ4n) is 2.35. The number of anilines is 1. The smallest absolute Gasteiger partial charge is 0.241 e. The molecule has 0 spiro atoms. The zero-order chi connectivity index (χ0) is 16.7. The number of hydrogen-bond acceptors (Lipinski definition) is 2. The lowest BCUT2D eigenvalue weighted by atomic mass is 10.1. The average molecular weight is 336 g/mol. The first-order chi connectivity index (χ1) is 11.1. The Balaban J connectivity index is 1.95. The van der Waals surface area contributed by atoms with Crippen LogP contribution in [0.5, 0.6) is 0 Å². The van der Waals surface area contributed by atoms with Crippen molar-refractivity contribution in [1.29, 1.82) is 0 Å². The highest BCUT2D eigenvalue weighted by atomic mass is 35.5. The molecule has 0 aliphatic carbocycles. The van der Waals surface area contributed by atoms with Crippen molar-refractivity contribution < 1.29 is 14.3 Å². The molecule has 0 saturated heterocycles. The molecule has 0 aliphatic heterocycles. The van der Waals surface area contributed by atoms with E-state index in [1.807, 2.05) is 30.3 Å². The number of rotatable bonds is 7. The van der Waals surface area contributed by atoms with E-state index >= 15 is 0 Å². The number of aliphatic hydroxyl groups excluding tert-OH is 1. The number of carbonyl (C=O) groups excluding carboxylic acids is 1. The molecular weight excluding hydrogens is 317 g/mol. The second kappa shape index (κ2) is 8.65. The third-order valence-electron chi connectivity index (χ3n) is 3.55. The average Bonchev–Trinajstić information content (AvgIpc) is 2.58. The molecule has 3 nitrogen and oxygen atoms in total. The minimum Gasteiger partial charge on any atom is -0.393 e. The molecule has 0 fully saturated rings.